The lowest BCUT2D eigenvalue weighted by Gasteiger charge is -2.24. The molecule has 7 heteroatoms. The minimum absolute atomic E-state index is 0.0596. The molecule has 1 amide bonds. The highest BCUT2D eigenvalue weighted by molar-refractivity contribution is 5.92. The van der Waals surface area contributed by atoms with Crippen LogP contribution >= 0.6 is 0 Å². The van der Waals surface area contributed by atoms with Gasteiger partial charge in [0.25, 0.3) is 0 Å². The van der Waals surface area contributed by atoms with Crippen LogP contribution in [0.4, 0.5) is 9.59 Å². The minimum atomic E-state index is -0.614. The van der Waals surface area contributed by atoms with Crippen LogP contribution in [0, 0.1) is 5.92 Å². The third-order valence-electron chi connectivity index (χ3n) is 5.06. The van der Waals surface area contributed by atoms with E-state index in [1.54, 1.807) is 11.1 Å². The molecule has 0 saturated carbocycles. The van der Waals surface area contributed by atoms with Crippen molar-refractivity contribution in [1.82, 2.24) is 9.47 Å². The molecular formula is C23H32N2O5. The van der Waals surface area contributed by atoms with Crippen LogP contribution in [0.25, 0.3) is 10.9 Å². The maximum atomic E-state index is 12.8. The zero-order valence-electron chi connectivity index (χ0n) is 18.6. The number of carbonyl (C=O) groups excluding carboxylic acids is 2. The van der Waals surface area contributed by atoms with E-state index in [0.717, 1.165) is 16.5 Å². The van der Waals surface area contributed by atoms with Crippen molar-refractivity contribution in [2.75, 3.05) is 19.7 Å². The number of aliphatic hydroxyl groups excluding tert-OH is 1. The Hall–Kier alpha value is -2.54. The Kier molecular flexibility index (Phi) is 5.87. The highest BCUT2D eigenvalue weighted by Crippen LogP contribution is 2.38. The van der Waals surface area contributed by atoms with E-state index >= 15 is 0 Å². The number of amides is 1. The number of benzene rings is 1. The molecule has 0 unspecified atom stereocenters. The highest BCUT2D eigenvalue weighted by Gasteiger charge is 2.39. The van der Waals surface area contributed by atoms with Gasteiger partial charge in [-0.3, -0.25) is 4.57 Å². The van der Waals surface area contributed by atoms with Gasteiger partial charge in [0.2, 0.25) is 0 Å². The van der Waals surface area contributed by atoms with Crippen molar-refractivity contribution in [2.24, 2.45) is 5.92 Å². The Bertz CT molecular complexity index is 935. The molecule has 30 heavy (non-hydrogen) atoms. The lowest BCUT2D eigenvalue weighted by molar-refractivity contribution is 0.0282. The average molecular weight is 417 g/mol. The van der Waals surface area contributed by atoms with Crippen molar-refractivity contribution in [3.8, 4) is 0 Å². The van der Waals surface area contributed by atoms with E-state index in [4.69, 9.17) is 9.47 Å². The van der Waals surface area contributed by atoms with Gasteiger partial charge < -0.3 is 19.5 Å². The van der Waals surface area contributed by atoms with Crippen molar-refractivity contribution < 1.29 is 24.2 Å². The molecule has 2 atom stereocenters. The second-order valence-corrected chi connectivity index (χ2v) is 9.89. The van der Waals surface area contributed by atoms with E-state index in [2.05, 4.69) is 0 Å². The summed E-state index contributed by atoms with van der Waals surface area (Å²) in [4.78, 5) is 27.0. The van der Waals surface area contributed by atoms with Gasteiger partial charge in [0.15, 0.2) is 0 Å². The van der Waals surface area contributed by atoms with Crippen LogP contribution < -0.4 is 0 Å². The van der Waals surface area contributed by atoms with Gasteiger partial charge in [-0.1, -0.05) is 18.2 Å². The number of hydrogen-bond donors (Lipinski definition) is 1. The van der Waals surface area contributed by atoms with Gasteiger partial charge in [-0.05, 0) is 53.2 Å². The van der Waals surface area contributed by atoms with Crippen LogP contribution in [0.2, 0.25) is 0 Å². The quantitative estimate of drug-likeness (QED) is 0.786. The van der Waals surface area contributed by atoms with Crippen LogP contribution in [0.15, 0.2) is 30.5 Å². The highest BCUT2D eigenvalue weighted by atomic mass is 16.6. The molecule has 1 fully saturated rings. The fourth-order valence-electron chi connectivity index (χ4n) is 3.85. The standard InChI is InChI=1S/C23H32N2O5/c1-22(2,3)29-20(27)24-11-15(14-26)17(12-24)18-13-25(21(28)30-23(4,5)6)19-10-8-7-9-16(18)19/h7-10,13,15,17,26H,11-12,14H2,1-6H3/t15-,17+/m1/s1. The molecule has 1 saturated heterocycles. The van der Waals surface area contributed by atoms with E-state index in [9.17, 15) is 14.7 Å². The topological polar surface area (TPSA) is 81.0 Å². The summed E-state index contributed by atoms with van der Waals surface area (Å²) in [5, 5.41) is 10.9. The van der Waals surface area contributed by atoms with Crippen LogP contribution in [0.1, 0.15) is 53.0 Å². The Morgan fingerprint density at radius 1 is 1.00 bits per heavy atom. The van der Waals surface area contributed by atoms with Crippen LogP contribution in [0.5, 0.6) is 0 Å². The molecule has 1 aromatic heterocycles. The van der Waals surface area contributed by atoms with Crippen molar-refractivity contribution >= 4 is 23.1 Å². The van der Waals surface area contributed by atoms with Gasteiger partial charge in [0.05, 0.1) is 5.52 Å². The summed E-state index contributed by atoms with van der Waals surface area (Å²) < 4.78 is 12.6. The third kappa shape index (κ3) is 4.78. The van der Waals surface area contributed by atoms with E-state index in [-0.39, 0.29) is 24.5 Å². The molecule has 164 valence electrons. The molecule has 7 nitrogen and oxygen atoms in total. The number of aromatic nitrogens is 1. The molecule has 0 bridgehead atoms. The molecule has 0 spiro atoms. The zero-order valence-corrected chi connectivity index (χ0v) is 18.6. The maximum Gasteiger partial charge on any atom is 0.419 e. The van der Waals surface area contributed by atoms with Crippen LogP contribution in [-0.2, 0) is 9.47 Å². The fourth-order valence-corrected chi connectivity index (χ4v) is 3.85. The Balaban J connectivity index is 1.95. The second-order valence-electron chi connectivity index (χ2n) is 9.89. The zero-order chi connectivity index (χ0) is 22.3. The first-order valence-electron chi connectivity index (χ1n) is 10.3. The number of para-hydroxylation sites is 1. The van der Waals surface area contributed by atoms with Crippen molar-refractivity contribution in [1.29, 1.82) is 0 Å². The molecular weight excluding hydrogens is 384 g/mol. The Morgan fingerprint density at radius 3 is 2.20 bits per heavy atom. The molecule has 2 aromatic rings. The number of ether oxygens (including phenoxy) is 2. The second kappa shape index (κ2) is 7.95. The number of rotatable bonds is 2. The molecule has 2 heterocycles. The number of nitrogens with zero attached hydrogens (tertiary/aromatic N) is 2. The molecule has 0 radical (unpaired) electrons. The third-order valence-corrected chi connectivity index (χ3v) is 5.06. The normalized spacial score (nSPS) is 19.9. The molecule has 1 N–H and O–H groups in total. The van der Waals surface area contributed by atoms with Gasteiger partial charge in [-0.15, -0.1) is 0 Å². The lowest BCUT2D eigenvalue weighted by atomic mass is 9.89. The number of hydrogen-bond acceptors (Lipinski definition) is 5. The summed E-state index contributed by atoms with van der Waals surface area (Å²) in [6, 6.07) is 7.62. The van der Waals surface area contributed by atoms with Crippen LogP contribution in [0.3, 0.4) is 0 Å². The lowest BCUT2D eigenvalue weighted by Crippen LogP contribution is -2.35. The summed E-state index contributed by atoms with van der Waals surface area (Å²) in [5.74, 6) is -0.258. The fraction of sp³-hybridized carbons (Fsp3) is 0.565. The monoisotopic (exact) mass is 416 g/mol. The van der Waals surface area contributed by atoms with Crippen LogP contribution in [-0.4, -0.2) is 57.7 Å². The summed E-state index contributed by atoms with van der Waals surface area (Å²) >= 11 is 0. The number of likely N-dealkylation sites (tertiary alicyclic amines) is 1. The predicted molar refractivity (Wildman–Crippen MR) is 115 cm³/mol. The van der Waals surface area contributed by atoms with E-state index in [0.29, 0.717) is 13.1 Å². The van der Waals surface area contributed by atoms with E-state index in [1.807, 2.05) is 65.8 Å². The minimum Gasteiger partial charge on any atom is -0.444 e. The number of carbonyl (C=O) groups is 2. The molecule has 0 aliphatic carbocycles. The van der Waals surface area contributed by atoms with Crippen molar-refractivity contribution in [3.05, 3.63) is 36.0 Å². The van der Waals surface area contributed by atoms with Gasteiger partial charge in [0, 0.05) is 43.1 Å². The first kappa shape index (κ1) is 22.2. The summed E-state index contributed by atoms with van der Waals surface area (Å²) in [6.45, 7) is 11.7. The van der Waals surface area contributed by atoms with E-state index in [1.165, 1.54) is 4.57 Å². The SMILES string of the molecule is CC(C)(C)OC(=O)N1C[C@H](CO)[C@@H](c2cn(C(=O)OC(C)(C)C)c3ccccc23)C1. The molecule has 1 aliphatic rings. The molecule has 1 aliphatic heterocycles. The largest absolute Gasteiger partial charge is 0.444 e. The molecule has 1 aromatic carbocycles. The Labute approximate surface area is 177 Å². The smallest absolute Gasteiger partial charge is 0.419 e. The average Bonchev–Trinajstić information content (AvgIpc) is 3.20. The number of aliphatic hydroxyl groups is 1. The first-order chi connectivity index (χ1) is 13.9. The predicted octanol–water partition coefficient (Wildman–Crippen LogP) is 4.37. The first-order valence-corrected chi connectivity index (χ1v) is 10.3. The van der Waals surface area contributed by atoms with Gasteiger partial charge in [0.1, 0.15) is 11.2 Å². The van der Waals surface area contributed by atoms with Crippen molar-refractivity contribution in [2.45, 2.75) is 58.7 Å². The maximum absolute atomic E-state index is 12.8. The van der Waals surface area contributed by atoms with Crippen molar-refractivity contribution in [3.63, 3.8) is 0 Å². The van der Waals surface area contributed by atoms with Gasteiger partial charge in [-0.25, -0.2) is 9.59 Å². The molecule has 3 rings (SSSR count). The summed E-state index contributed by atoms with van der Waals surface area (Å²) in [6.07, 6.45) is 0.941. The van der Waals surface area contributed by atoms with Gasteiger partial charge in [-0.2, -0.15) is 0 Å². The summed E-state index contributed by atoms with van der Waals surface area (Å²) in [7, 11) is 0. The number of fused-ring (bicyclic) bond motifs is 1. The van der Waals surface area contributed by atoms with E-state index < -0.39 is 17.3 Å². The van der Waals surface area contributed by atoms with Gasteiger partial charge >= 0.3 is 12.2 Å². The summed E-state index contributed by atoms with van der Waals surface area (Å²) in [5.41, 5.74) is 0.462. The Morgan fingerprint density at radius 2 is 1.60 bits per heavy atom.